The number of carbonyl (C=O) groups is 2. The van der Waals surface area contributed by atoms with E-state index in [0.717, 1.165) is 5.56 Å². The topological polar surface area (TPSA) is 103 Å². The lowest BCUT2D eigenvalue weighted by molar-refractivity contribution is -0.120. The molecule has 0 aliphatic carbocycles. The van der Waals surface area contributed by atoms with E-state index in [1.807, 2.05) is 30.3 Å². The maximum absolute atomic E-state index is 13.3. The van der Waals surface area contributed by atoms with Crippen LogP contribution in [0.15, 0.2) is 48.5 Å². The maximum atomic E-state index is 13.3. The molecule has 2 aromatic carbocycles. The summed E-state index contributed by atoms with van der Waals surface area (Å²) < 4.78 is 32.3. The van der Waals surface area contributed by atoms with Crippen molar-refractivity contribution in [1.82, 2.24) is 20.5 Å². The van der Waals surface area contributed by atoms with Crippen molar-refractivity contribution in [2.24, 2.45) is 0 Å². The average molecular weight is 468 g/mol. The van der Waals surface area contributed by atoms with E-state index in [1.165, 1.54) is 9.80 Å². The molecule has 5 rings (SSSR count). The zero-order valence-electron chi connectivity index (χ0n) is 18.3. The van der Waals surface area contributed by atoms with Crippen LogP contribution in [-0.2, 0) is 11.2 Å². The summed E-state index contributed by atoms with van der Waals surface area (Å²) in [6, 6.07) is 13.6. The van der Waals surface area contributed by atoms with Crippen LogP contribution < -0.4 is 19.9 Å². The van der Waals surface area contributed by atoms with Crippen LogP contribution in [0, 0.1) is 0 Å². The Bertz CT molecular complexity index is 1220. The summed E-state index contributed by atoms with van der Waals surface area (Å²) in [5.74, 6) is -2.86. The average Bonchev–Trinajstić information content (AvgIpc) is 3.24. The molecule has 1 saturated heterocycles. The van der Waals surface area contributed by atoms with E-state index in [0.29, 0.717) is 29.4 Å². The number of ether oxygens (including phenoxy) is 1. The standard InChI is InChI=1S/C23H22F2N6O3/c1-30-17-10-15(31-12-23(24,25)13-31)7-8-18(17)34-11-16(22(30)33)26-21(32)20-27-19(28-29-20)9-14-5-3-2-4-6-14/h2-8,10,16H,9,11-13H2,1H3,(H,26,32)(H,27,28,29)/t16-/m0/s1. The number of amides is 2. The Morgan fingerprint density at radius 2 is 2.00 bits per heavy atom. The van der Waals surface area contributed by atoms with Gasteiger partial charge in [0, 0.05) is 19.2 Å². The van der Waals surface area contributed by atoms with E-state index < -0.39 is 23.8 Å². The molecule has 1 atom stereocenters. The molecule has 1 fully saturated rings. The number of rotatable bonds is 5. The molecule has 0 spiro atoms. The lowest BCUT2D eigenvalue weighted by Gasteiger charge is -2.40. The van der Waals surface area contributed by atoms with Crippen molar-refractivity contribution in [3.8, 4) is 5.75 Å². The number of aromatic nitrogens is 3. The predicted octanol–water partition coefficient (Wildman–Crippen LogP) is 2.00. The van der Waals surface area contributed by atoms with Crippen LogP contribution in [0.5, 0.6) is 5.75 Å². The van der Waals surface area contributed by atoms with Crippen molar-refractivity contribution < 1.29 is 23.1 Å². The minimum Gasteiger partial charge on any atom is -0.489 e. The molecule has 2 N–H and O–H groups in total. The number of aromatic amines is 1. The summed E-state index contributed by atoms with van der Waals surface area (Å²) in [5.41, 5.74) is 2.03. The zero-order chi connectivity index (χ0) is 23.9. The minimum absolute atomic E-state index is 0.0795. The van der Waals surface area contributed by atoms with E-state index in [4.69, 9.17) is 4.74 Å². The molecule has 3 aromatic rings. The second-order valence-corrected chi connectivity index (χ2v) is 8.37. The summed E-state index contributed by atoms with van der Waals surface area (Å²) in [6.45, 7) is -0.831. The fourth-order valence-electron chi connectivity index (χ4n) is 3.97. The Morgan fingerprint density at radius 3 is 2.74 bits per heavy atom. The summed E-state index contributed by atoms with van der Waals surface area (Å²) in [7, 11) is 1.55. The molecule has 0 radical (unpaired) electrons. The number of fused-ring (bicyclic) bond motifs is 1. The second kappa shape index (κ2) is 8.40. The number of nitrogens with one attached hydrogen (secondary N) is 2. The van der Waals surface area contributed by atoms with E-state index >= 15 is 0 Å². The van der Waals surface area contributed by atoms with Gasteiger partial charge in [0.05, 0.1) is 18.8 Å². The van der Waals surface area contributed by atoms with Gasteiger partial charge in [-0.1, -0.05) is 30.3 Å². The molecule has 0 bridgehead atoms. The van der Waals surface area contributed by atoms with Gasteiger partial charge in [0.25, 0.3) is 17.7 Å². The van der Waals surface area contributed by atoms with Crippen LogP contribution in [0.4, 0.5) is 20.2 Å². The number of anilines is 2. The highest BCUT2D eigenvalue weighted by atomic mass is 19.3. The predicted molar refractivity (Wildman–Crippen MR) is 119 cm³/mol. The molecule has 2 aliphatic heterocycles. The van der Waals surface area contributed by atoms with Crippen molar-refractivity contribution >= 4 is 23.2 Å². The first-order valence-electron chi connectivity index (χ1n) is 10.7. The molecule has 11 heteroatoms. The van der Waals surface area contributed by atoms with Gasteiger partial charge >= 0.3 is 0 Å². The van der Waals surface area contributed by atoms with Crippen LogP contribution in [0.25, 0.3) is 0 Å². The quantitative estimate of drug-likeness (QED) is 0.594. The first kappa shape index (κ1) is 21.8. The Kier molecular flexibility index (Phi) is 5.39. The van der Waals surface area contributed by atoms with Crippen molar-refractivity contribution in [2.75, 3.05) is 36.5 Å². The third kappa shape index (κ3) is 4.28. The third-order valence-corrected chi connectivity index (χ3v) is 5.80. The lowest BCUT2D eigenvalue weighted by atomic mass is 10.1. The fraction of sp³-hybridized carbons (Fsp3) is 0.304. The number of carbonyl (C=O) groups excluding carboxylic acids is 2. The Balaban J connectivity index is 1.26. The molecule has 0 saturated carbocycles. The Hall–Kier alpha value is -4.02. The monoisotopic (exact) mass is 468 g/mol. The van der Waals surface area contributed by atoms with Crippen molar-refractivity contribution in [3.63, 3.8) is 0 Å². The minimum atomic E-state index is -2.71. The van der Waals surface area contributed by atoms with Crippen molar-refractivity contribution in [2.45, 2.75) is 18.4 Å². The van der Waals surface area contributed by atoms with Crippen LogP contribution >= 0.6 is 0 Å². The van der Waals surface area contributed by atoms with Crippen LogP contribution in [-0.4, -0.2) is 65.7 Å². The van der Waals surface area contributed by atoms with Gasteiger partial charge in [-0.15, -0.1) is 5.10 Å². The van der Waals surface area contributed by atoms with Gasteiger partial charge in [-0.05, 0) is 23.8 Å². The lowest BCUT2D eigenvalue weighted by Crippen LogP contribution is -2.56. The highest BCUT2D eigenvalue weighted by Crippen LogP contribution is 2.38. The Labute approximate surface area is 193 Å². The Morgan fingerprint density at radius 1 is 1.24 bits per heavy atom. The molecule has 3 heterocycles. The van der Waals surface area contributed by atoms with Gasteiger partial charge in [-0.3, -0.25) is 14.7 Å². The number of benzene rings is 2. The molecule has 1 aromatic heterocycles. The number of halogens is 2. The molecule has 176 valence electrons. The van der Waals surface area contributed by atoms with Gasteiger partial charge in [-0.2, -0.15) is 0 Å². The highest BCUT2D eigenvalue weighted by molar-refractivity contribution is 6.02. The summed E-state index contributed by atoms with van der Waals surface area (Å²) in [6.07, 6.45) is 0.482. The molecular weight excluding hydrogens is 446 g/mol. The molecule has 0 unspecified atom stereocenters. The van der Waals surface area contributed by atoms with Crippen LogP contribution in [0.2, 0.25) is 0 Å². The van der Waals surface area contributed by atoms with Gasteiger partial charge < -0.3 is 19.9 Å². The van der Waals surface area contributed by atoms with Crippen molar-refractivity contribution in [1.29, 1.82) is 0 Å². The second-order valence-electron chi connectivity index (χ2n) is 8.37. The third-order valence-electron chi connectivity index (χ3n) is 5.80. The number of nitrogens with zero attached hydrogens (tertiary/aromatic N) is 4. The number of likely N-dealkylation sites (N-methyl/N-ethyl adjacent to an activating group) is 1. The first-order valence-corrected chi connectivity index (χ1v) is 10.7. The van der Waals surface area contributed by atoms with Gasteiger partial charge in [0.15, 0.2) is 0 Å². The normalized spacial score (nSPS) is 19.0. The maximum Gasteiger partial charge on any atom is 0.291 e. The van der Waals surface area contributed by atoms with Gasteiger partial charge in [-0.25, -0.2) is 13.8 Å². The van der Waals surface area contributed by atoms with Crippen LogP contribution in [0.3, 0.4) is 0 Å². The molecule has 2 aliphatic rings. The van der Waals surface area contributed by atoms with Crippen LogP contribution in [0.1, 0.15) is 22.0 Å². The first-order chi connectivity index (χ1) is 16.3. The largest absolute Gasteiger partial charge is 0.489 e. The van der Waals surface area contributed by atoms with E-state index in [-0.39, 0.29) is 25.5 Å². The number of hydrogen-bond acceptors (Lipinski definition) is 6. The zero-order valence-corrected chi connectivity index (χ0v) is 18.3. The highest BCUT2D eigenvalue weighted by Gasteiger charge is 2.44. The summed E-state index contributed by atoms with van der Waals surface area (Å²) in [4.78, 5) is 32.9. The van der Waals surface area contributed by atoms with E-state index in [1.54, 1.807) is 25.2 Å². The smallest absolute Gasteiger partial charge is 0.291 e. The van der Waals surface area contributed by atoms with E-state index in [2.05, 4.69) is 20.5 Å². The number of alkyl halides is 2. The molecule has 9 nitrogen and oxygen atoms in total. The molecule has 34 heavy (non-hydrogen) atoms. The fourth-order valence-corrected chi connectivity index (χ4v) is 3.97. The molecular formula is C23H22F2N6O3. The summed E-state index contributed by atoms with van der Waals surface area (Å²) >= 11 is 0. The molecule has 2 amide bonds. The van der Waals surface area contributed by atoms with Gasteiger partial charge in [0.2, 0.25) is 5.82 Å². The van der Waals surface area contributed by atoms with Gasteiger partial charge in [0.1, 0.15) is 24.2 Å². The number of H-pyrrole nitrogens is 1. The number of hydrogen-bond donors (Lipinski definition) is 2. The summed E-state index contributed by atoms with van der Waals surface area (Å²) in [5, 5.41) is 9.34. The van der Waals surface area contributed by atoms with Crippen molar-refractivity contribution in [3.05, 3.63) is 65.7 Å². The van der Waals surface area contributed by atoms with E-state index in [9.17, 15) is 18.4 Å². The SMILES string of the molecule is CN1C(=O)[C@@H](NC(=O)c2n[nH]c(Cc3ccccc3)n2)COc2ccc(N3CC(F)(F)C3)cc21.